The molecule has 1 rings (SSSR count). The molecule has 0 N–H and O–H groups in total. The Morgan fingerprint density at radius 3 is 2.93 bits per heavy atom. The van der Waals surface area contributed by atoms with Crippen LogP contribution in [0.1, 0.15) is 16.3 Å². The molecule has 0 aliphatic heterocycles. The monoisotopic (exact) mass is 209 g/mol. The molecule has 0 aliphatic rings. The maximum Gasteiger partial charge on any atom is 0.170 e. The second kappa shape index (κ2) is 4.76. The summed E-state index contributed by atoms with van der Waals surface area (Å²) in [6.45, 7) is 3.52. The summed E-state index contributed by atoms with van der Waals surface area (Å²) in [5.74, 6) is 0.680. The van der Waals surface area contributed by atoms with Crippen molar-refractivity contribution in [3.8, 4) is 0 Å². The normalized spacial score (nSPS) is 11.4. The van der Waals surface area contributed by atoms with Gasteiger partial charge in [0.1, 0.15) is 10.7 Å². The Morgan fingerprint density at radius 2 is 2.50 bits per heavy atom. The molecule has 74 valence electrons. The number of imidazole rings is 1. The van der Waals surface area contributed by atoms with Crippen LogP contribution in [0.15, 0.2) is 24.0 Å². The van der Waals surface area contributed by atoms with Gasteiger partial charge in [-0.1, -0.05) is 6.58 Å². The van der Waals surface area contributed by atoms with Crippen LogP contribution in [0.5, 0.6) is 0 Å². The fourth-order valence-electron chi connectivity index (χ4n) is 1.03. The number of aliphatic imine (C=N–C) groups is 1. The molecule has 1 aromatic heterocycles. The van der Waals surface area contributed by atoms with Crippen LogP contribution in [0, 0.1) is 0 Å². The molecule has 0 saturated heterocycles. The minimum atomic E-state index is 0.410. The lowest BCUT2D eigenvalue weighted by Gasteiger charge is -2.00. The maximum atomic E-state index is 10.5. The van der Waals surface area contributed by atoms with Gasteiger partial charge in [0, 0.05) is 19.4 Å². The Labute approximate surface area is 86.8 Å². The number of thioether (sulfide) groups is 1. The molecule has 4 nitrogen and oxygen atoms in total. The fraction of sp³-hybridized carbons (Fsp3) is 0.222. The smallest absolute Gasteiger partial charge is 0.170 e. The van der Waals surface area contributed by atoms with Crippen molar-refractivity contribution in [2.45, 2.75) is 0 Å². The first-order valence-corrected chi connectivity index (χ1v) is 5.17. The predicted octanol–water partition coefficient (Wildman–Crippen LogP) is 1.49. The number of nitrogens with zero attached hydrogens (tertiary/aromatic N) is 3. The Hall–Kier alpha value is -1.36. The van der Waals surface area contributed by atoms with Crippen LogP contribution in [-0.4, -0.2) is 27.1 Å². The summed E-state index contributed by atoms with van der Waals surface area (Å²) < 4.78 is 1.77. The third-order valence-corrected chi connectivity index (χ3v) is 2.28. The third-order valence-electron chi connectivity index (χ3n) is 1.61. The van der Waals surface area contributed by atoms with Gasteiger partial charge in [-0.2, -0.15) is 0 Å². The summed E-state index contributed by atoms with van der Waals surface area (Å²) >= 11 is 1.47. The van der Waals surface area contributed by atoms with Gasteiger partial charge in [0.15, 0.2) is 12.1 Å². The molecule has 0 saturated carbocycles. The topological polar surface area (TPSA) is 47.2 Å². The highest BCUT2D eigenvalue weighted by molar-refractivity contribution is 8.13. The molecule has 1 heterocycles. The van der Waals surface area contributed by atoms with Crippen molar-refractivity contribution in [1.29, 1.82) is 0 Å². The maximum absolute atomic E-state index is 10.5. The minimum absolute atomic E-state index is 0.410. The van der Waals surface area contributed by atoms with Crippen molar-refractivity contribution < 1.29 is 4.79 Å². The highest BCUT2D eigenvalue weighted by atomic mass is 32.2. The Morgan fingerprint density at radius 1 is 1.79 bits per heavy atom. The molecule has 14 heavy (non-hydrogen) atoms. The molecule has 0 bridgehead atoms. The lowest BCUT2D eigenvalue weighted by molar-refractivity contribution is 0.111. The summed E-state index contributed by atoms with van der Waals surface area (Å²) in [5.41, 5.74) is 0.410. The van der Waals surface area contributed by atoms with Crippen molar-refractivity contribution in [2.24, 2.45) is 12.0 Å². The molecular weight excluding hydrogens is 198 g/mol. The van der Waals surface area contributed by atoms with Crippen molar-refractivity contribution in [3.63, 3.8) is 0 Å². The van der Waals surface area contributed by atoms with E-state index < -0.39 is 0 Å². The summed E-state index contributed by atoms with van der Waals surface area (Å²) in [4.78, 5) is 18.7. The van der Waals surface area contributed by atoms with Gasteiger partial charge in [0.05, 0.1) is 0 Å². The van der Waals surface area contributed by atoms with Crippen molar-refractivity contribution in [1.82, 2.24) is 9.55 Å². The average Bonchev–Trinajstić information content (AvgIpc) is 2.56. The van der Waals surface area contributed by atoms with E-state index in [2.05, 4.69) is 16.6 Å². The summed E-state index contributed by atoms with van der Waals surface area (Å²) in [6, 6.07) is 0. The molecule has 0 spiro atoms. The lowest BCUT2D eigenvalue weighted by Crippen LogP contribution is -2.03. The molecule has 0 fully saturated rings. The number of aromatic nitrogens is 2. The molecule has 5 heteroatoms. The number of carbonyl (C=O) groups excluding carboxylic acids is 1. The molecule has 0 aromatic carbocycles. The third kappa shape index (κ3) is 2.11. The summed E-state index contributed by atoms with van der Waals surface area (Å²) in [7, 11) is 1.82. The number of aldehydes is 1. The SMILES string of the molecule is C=CN=C(SC)c1nc(C=O)cn1C. The van der Waals surface area contributed by atoms with E-state index in [0.29, 0.717) is 11.5 Å². The predicted molar refractivity (Wildman–Crippen MR) is 58.8 cm³/mol. The largest absolute Gasteiger partial charge is 0.332 e. The van der Waals surface area contributed by atoms with Gasteiger partial charge in [-0.05, 0) is 6.26 Å². The molecular formula is C9H11N3OS. The van der Waals surface area contributed by atoms with Crippen LogP contribution < -0.4 is 0 Å². The van der Waals surface area contributed by atoms with E-state index in [1.165, 1.54) is 18.0 Å². The van der Waals surface area contributed by atoms with Crippen LogP contribution in [0.4, 0.5) is 0 Å². The zero-order valence-electron chi connectivity index (χ0n) is 8.10. The van der Waals surface area contributed by atoms with E-state index in [4.69, 9.17) is 0 Å². The number of hydrogen-bond donors (Lipinski definition) is 0. The van der Waals surface area contributed by atoms with Crippen LogP contribution >= 0.6 is 11.8 Å². The van der Waals surface area contributed by atoms with Crippen LogP contribution in [0.3, 0.4) is 0 Å². The standard InChI is InChI=1S/C9H11N3OS/c1-4-10-9(14-3)8-11-7(6-13)5-12(8)2/h4-6H,1H2,2-3H3. The first-order valence-electron chi connectivity index (χ1n) is 3.94. The molecule has 0 unspecified atom stereocenters. The van der Waals surface area contributed by atoms with E-state index in [0.717, 1.165) is 11.3 Å². The Balaban J connectivity index is 3.15. The van der Waals surface area contributed by atoms with E-state index in [1.807, 2.05) is 13.3 Å². The van der Waals surface area contributed by atoms with E-state index in [9.17, 15) is 4.79 Å². The Bertz CT molecular complexity index is 381. The van der Waals surface area contributed by atoms with Crippen LogP contribution in [-0.2, 0) is 7.05 Å². The Kier molecular flexibility index (Phi) is 3.64. The van der Waals surface area contributed by atoms with Gasteiger partial charge < -0.3 is 4.57 Å². The van der Waals surface area contributed by atoms with Crippen molar-refractivity contribution in [3.05, 3.63) is 30.5 Å². The highest BCUT2D eigenvalue weighted by Gasteiger charge is 2.09. The number of aryl methyl sites for hydroxylation is 1. The summed E-state index contributed by atoms with van der Waals surface area (Å²) in [6.07, 6.45) is 5.74. The van der Waals surface area contributed by atoms with Gasteiger partial charge in [-0.3, -0.25) is 4.79 Å². The van der Waals surface area contributed by atoms with Crippen molar-refractivity contribution in [2.75, 3.05) is 6.26 Å². The van der Waals surface area contributed by atoms with E-state index in [-0.39, 0.29) is 0 Å². The van der Waals surface area contributed by atoms with Gasteiger partial charge >= 0.3 is 0 Å². The second-order valence-electron chi connectivity index (χ2n) is 2.54. The average molecular weight is 209 g/mol. The van der Waals surface area contributed by atoms with Gasteiger partial charge in [-0.15, -0.1) is 11.8 Å². The van der Waals surface area contributed by atoms with Crippen LogP contribution in [0.2, 0.25) is 0 Å². The number of carbonyl (C=O) groups is 1. The first-order chi connectivity index (χ1) is 6.72. The molecule has 0 amide bonds. The molecule has 0 aliphatic carbocycles. The molecule has 0 radical (unpaired) electrons. The number of rotatable bonds is 3. The summed E-state index contributed by atoms with van der Waals surface area (Å²) in [5, 5.41) is 0.746. The quantitative estimate of drug-likeness (QED) is 0.430. The van der Waals surface area contributed by atoms with Gasteiger partial charge in [-0.25, -0.2) is 9.98 Å². The molecule has 0 atom stereocenters. The van der Waals surface area contributed by atoms with E-state index >= 15 is 0 Å². The van der Waals surface area contributed by atoms with E-state index in [1.54, 1.807) is 10.8 Å². The lowest BCUT2D eigenvalue weighted by atomic mass is 10.5. The molecule has 1 aromatic rings. The highest BCUT2D eigenvalue weighted by Crippen LogP contribution is 2.10. The zero-order valence-corrected chi connectivity index (χ0v) is 8.91. The fourth-order valence-corrected chi connectivity index (χ4v) is 1.58. The van der Waals surface area contributed by atoms with Crippen LogP contribution in [0.25, 0.3) is 0 Å². The second-order valence-corrected chi connectivity index (χ2v) is 3.33. The number of hydrogen-bond acceptors (Lipinski definition) is 4. The minimum Gasteiger partial charge on any atom is -0.332 e. The van der Waals surface area contributed by atoms with Gasteiger partial charge in [0.25, 0.3) is 0 Å². The van der Waals surface area contributed by atoms with Gasteiger partial charge in [0.2, 0.25) is 0 Å². The zero-order chi connectivity index (χ0) is 10.6. The van der Waals surface area contributed by atoms with Crippen molar-refractivity contribution >= 4 is 23.1 Å². The first kappa shape index (κ1) is 10.7.